The molecular formula is C21H20NO5P. The van der Waals surface area contributed by atoms with Crippen molar-refractivity contribution in [3.8, 4) is 11.5 Å². The number of rotatable bonds is 8. The molecule has 0 fully saturated rings. The fraction of sp³-hybridized carbons (Fsp3) is 0.0952. The van der Waals surface area contributed by atoms with Gasteiger partial charge in [-0.1, -0.05) is 36.4 Å². The minimum absolute atomic E-state index is 0.296. The van der Waals surface area contributed by atoms with Gasteiger partial charge in [0.1, 0.15) is 11.5 Å². The molecule has 0 radical (unpaired) electrons. The zero-order valence-corrected chi connectivity index (χ0v) is 16.2. The van der Waals surface area contributed by atoms with Crippen LogP contribution in [0.2, 0.25) is 0 Å². The third-order valence-electron chi connectivity index (χ3n) is 3.60. The molecule has 0 aliphatic rings. The summed E-state index contributed by atoms with van der Waals surface area (Å²) in [6, 6.07) is 23.9. The number of hydrogen-bond donors (Lipinski definition) is 1. The normalized spacial score (nSPS) is 10.8. The Bertz CT molecular complexity index is 900. The predicted octanol–water partition coefficient (Wildman–Crippen LogP) is 5.54. The van der Waals surface area contributed by atoms with Gasteiger partial charge < -0.3 is 13.8 Å². The Labute approximate surface area is 163 Å². The van der Waals surface area contributed by atoms with E-state index in [1.807, 2.05) is 12.1 Å². The minimum atomic E-state index is -3.80. The summed E-state index contributed by atoms with van der Waals surface area (Å²) in [5.74, 6) is 0.383. The van der Waals surface area contributed by atoms with Crippen molar-refractivity contribution in [3.05, 3.63) is 90.5 Å². The van der Waals surface area contributed by atoms with Crippen LogP contribution in [0.3, 0.4) is 0 Å². The number of benzene rings is 3. The Hall–Kier alpha value is -3.24. The molecule has 3 aromatic rings. The SMILES string of the molecule is CCOC(=O)c1ccc(NP(=O)(Oc2ccccc2)Oc2ccccc2)cc1. The van der Waals surface area contributed by atoms with Crippen LogP contribution >= 0.6 is 7.75 Å². The summed E-state index contributed by atoms with van der Waals surface area (Å²) in [7, 11) is -3.80. The van der Waals surface area contributed by atoms with Crippen LogP contribution in [0, 0.1) is 0 Å². The summed E-state index contributed by atoms with van der Waals surface area (Å²) < 4.78 is 29.7. The van der Waals surface area contributed by atoms with Gasteiger partial charge in [-0.15, -0.1) is 0 Å². The second-order valence-corrected chi connectivity index (χ2v) is 7.30. The maximum atomic E-state index is 13.4. The van der Waals surface area contributed by atoms with Crippen LogP contribution in [0.15, 0.2) is 84.9 Å². The van der Waals surface area contributed by atoms with Gasteiger partial charge in [-0.3, -0.25) is 5.09 Å². The van der Waals surface area contributed by atoms with E-state index in [0.29, 0.717) is 29.4 Å². The molecular weight excluding hydrogens is 377 g/mol. The first kappa shape index (κ1) is 19.5. The number of carbonyl (C=O) groups excluding carboxylic acids is 1. The molecule has 0 unspecified atom stereocenters. The van der Waals surface area contributed by atoms with E-state index in [2.05, 4.69) is 5.09 Å². The van der Waals surface area contributed by atoms with Crippen molar-refractivity contribution >= 4 is 19.4 Å². The molecule has 1 N–H and O–H groups in total. The first-order valence-electron chi connectivity index (χ1n) is 8.73. The van der Waals surface area contributed by atoms with Gasteiger partial charge in [-0.25, -0.2) is 9.36 Å². The lowest BCUT2D eigenvalue weighted by atomic mass is 10.2. The molecule has 7 heteroatoms. The van der Waals surface area contributed by atoms with Crippen LogP contribution in [0.25, 0.3) is 0 Å². The van der Waals surface area contributed by atoms with E-state index in [-0.39, 0.29) is 0 Å². The first-order valence-corrected chi connectivity index (χ1v) is 10.3. The van der Waals surface area contributed by atoms with E-state index in [4.69, 9.17) is 13.8 Å². The Balaban J connectivity index is 1.82. The van der Waals surface area contributed by atoms with Crippen molar-refractivity contribution in [3.63, 3.8) is 0 Å². The van der Waals surface area contributed by atoms with E-state index >= 15 is 0 Å². The fourth-order valence-electron chi connectivity index (χ4n) is 2.36. The average Bonchev–Trinajstić information content (AvgIpc) is 2.70. The summed E-state index contributed by atoms with van der Waals surface area (Å²) in [5, 5.41) is 2.81. The van der Waals surface area contributed by atoms with E-state index in [0.717, 1.165) is 0 Å². The molecule has 0 atom stereocenters. The number of esters is 1. The summed E-state index contributed by atoms with van der Waals surface area (Å²) >= 11 is 0. The Kier molecular flexibility index (Phi) is 6.35. The second-order valence-electron chi connectivity index (χ2n) is 5.72. The molecule has 0 aliphatic carbocycles. The van der Waals surface area contributed by atoms with Crippen LogP contribution < -0.4 is 14.1 Å². The largest absolute Gasteiger partial charge is 0.541 e. The summed E-state index contributed by atoms with van der Waals surface area (Å²) in [6.45, 7) is 2.04. The lowest BCUT2D eigenvalue weighted by Gasteiger charge is -2.21. The van der Waals surface area contributed by atoms with Crippen molar-refractivity contribution in [1.29, 1.82) is 0 Å². The third-order valence-corrected chi connectivity index (χ3v) is 5.03. The standard InChI is InChI=1S/C21H20NO5P/c1-2-25-21(23)17-13-15-18(16-14-17)22-28(24,26-19-9-5-3-6-10-19)27-20-11-7-4-8-12-20/h3-16H,2H2,1H3,(H,22,24). The van der Waals surface area contributed by atoms with Gasteiger partial charge in [-0.05, 0) is 55.5 Å². The lowest BCUT2D eigenvalue weighted by Crippen LogP contribution is -2.10. The maximum Gasteiger partial charge on any atom is 0.541 e. The number of carbonyl (C=O) groups is 1. The first-order chi connectivity index (χ1) is 13.6. The second kappa shape index (κ2) is 9.11. The predicted molar refractivity (Wildman–Crippen MR) is 108 cm³/mol. The van der Waals surface area contributed by atoms with Crippen molar-refractivity contribution < 1.29 is 23.1 Å². The van der Waals surface area contributed by atoms with Crippen molar-refractivity contribution in [2.45, 2.75) is 6.92 Å². The Morgan fingerprint density at radius 2 is 1.32 bits per heavy atom. The molecule has 28 heavy (non-hydrogen) atoms. The molecule has 0 aromatic heterocycles. The van der Waals surface area contributed by atoms with Crippen LogP contribution in [-0.2, 0) is 9.30 Å². The van der Waals surface area contributed by atoms with Crippen LogP contribution in [0.4, 0.5) is 5.69 Å². The highest BCUT2D eigenvalue weighted by atomic mass is 31.2. The minimum Gasteiger partial charge on any atom is -0.462 e. The van der Waals surface area contributed by atoms with E-state index in [1.54, 1.807) is 79.7 Å². The van der Waals surface area contributed by atoms with E-state index in [1.165, 1.54) is 0 Å². The third kappa shape index (κ3) is 5.38. The molecule has 0 spiro atoms. The lowest BCUT2D eigenvalue weighted by molar-refractivity contribution is 0.0526. The molecule has 0 bridgehead atoms. The number of ether oxygens (including phenoxy) is 1. The van der Waals surface area contributed by atoms with Crippen molar-refractivity contribution in [2.24, 2.45) is 0 Å². The maximum absolute atomic E-state index is 13.4. The van der Waals surface area contributed by atoms with Gasteiger partial charge in [-0.2, -0.15) is 0 Å². The molecule has 0 heterocycles. The molecule has 3 rings (SSSR count). The smallest absolute Gasteiger partial charge is 0.462 e. The molecule has 0 aliphatic heterocycles. The highest BCUT2D eigenvalue weighted by molar-refractivity contribution is 7.56. The van der Waals surface area contributed by atoms with Crippen LogP contribution in [0.1, 0.15) is 17.3 Å². The number of nitrogens with one attached hydrogen (secondary N) is 1. The number of hydrogen-bond acceptors (Lipinski definition) is 5. The molecule has 144 valence electrons. The van der Waals surface area contributed by atoms with Gasteiger partial charge in [0.15, 0.2) is 0 Å². The van der Waals surface area contributed by atoms with E-state index < -0.39 is 13.7 Å². The Morgan fingerprint density at radius 3 is 1.79 bits per heavy atom. The summed E-state index contributed by atoms with van der Waals surface area (Å²) in [6.07, 6.45) is 0. The molecule has 6 nitrogen and oxygen atoms in total. The fourth-order valence-corrected chi connectivity index (χ4v) is 3.75. The van der Waals surface area contributed by atoms with Gasteiger partial charge in [0, 0.05) is 5.69 Å². The highest BCUT2D eigenvalue weighted by Crippen LogP contribution is 2.48. The molecule has 0 saturated carbocycles. The van der Waals surface area contributed by atoms with Crippen LogP contribution in [0.5, 0.6) is 11.5 Å². The Morgan fingerprint density at radius 1 is 0.821 bits per heavy atom. The van der Waals surface area contributed by atoms with Gasteiger partial charge in [0.05, 0.1) is 12.2 Å². The zero-order chi connectivity index (χ0) is 19.8. The molecule has 3 aromatic carbocycles. The zero-order valence-electron chi connectivity index (χ0n) is 15.3. The monoisotopic (exact) mass is 397 g/mol. The van der Waals surface area contributed by atoms with Crippen molar-refractivity contribution in [1.82, 2.24) is 0 Å². The van der Waals surface area contributed by atoms with E-state index in [9.17, 15) is 9.36 Å². The van der Waals surface area contributed by atoms with Gasteiger partial charge >= 0.3 is 13.7 Å². The van der Waals surface area contributed by atoms with Crippen LogP contribution in [-0.4, -0.2) is 12.6 Å². The topological polar surface area (TPSA) is 73.9 Å². The van der Waals surface area contributed by atoms with Crippen molar-refractivity contribution in [2.75, 3.05) is 11.7 Å². The summed E-state index contributed by atoms with van der Waals surface area (Å²) in [4.78, 5) is 11.8. The molecule has 0 saturated heterocycles. The van der Waals surface area contributed by atoms with Gasteiger partial charge in [0.25, 0.3) is 0 Å². The van der Waals surface area contributed by atoms with Gasteiger partial charge in [0.2, 0.25) is 0 Å². The molecule has 0 amide bonds. The number of anilines is 1. The highest BCUT2D eigenvalue weighted by Gasteiger charge is 2.29. The number of para-hydroxylation sites is 2. The average molecular weight is 397 g/mol. The quantitative estimate of drug-likeness (QED) is 0.397. The summed E-state index contributed by atoms with van der Waals surface area (Å²) in [5.41, 5.74) is 0.874.